The highest BCUT2D eigenvalue weighted by atomic mass is 16.2. The van der Waals surface area contributed by atoms with E-state index in [1.54, 1.807) is 18.2 Å². The molecule has 0 radical (unpaired) electrons. The fraction of sp³-hybridized carbons (Fsp3) is 0.615. The number of hydrogen-bond acceptors (Lipinski definition) is 7. The molecule has 1 atom stereocenters. The second-order valence-corrected chi connectivity index (χ2v) is 10.2. The molecule has 1 aromatic rings. The van der Waals surface area contributed by atoms with Crippen molar-refractivity contribution >= 4 is 29.3 Å². The van der Waals surface area contributed by atoms with Crippen LogP contribution < -0.4 is 10.6 Å². The predicted molar refractivity (Wildman–Crippen MR) is 131 cm³/mol. The van der Waals surface area contributed by atoms with Gasteiger partial charge in [0.1, 0.15) is 6.04 Å². The Kier molecular flexibility index (Phi) is 7.15. The van der Waals surface area contributed by atoms with Crippen molar-refractivity contribution in [1.82, 2.24) is 20.0 Å². The van der Waals surface area contributed by atoms with Gasteiger partial charge in [0.05, 0.1) is 11.1 Å². The Morgan fingerprint density at radius 2 is 1.60 bits per heavy atom. The molecule has 0 spiro atoms. The lowest BCUT2D eigenvalue weighted by Gasteiger charge is -2.35. The summed E-state index contributed by atoms with van der Waals surface area (Å²) in [5.41, 5.74) is 1.24. The molecule has 188 valence electrons. The van der Waals surface area contributed by atoms with Gasteiger partial charge in [-0.25, -0.2) is 0 Å². The van der Waals surface area contributed by atoms with Gasteiger partial charge in [-0.05, 0) is 37.4 Å². The van der Waals surface area contributed by atoms with Crippen molar-refractivity contribution in [3.63, 3.8) is 0 Å². The van der Waals surface area contributed by atoms with Crippen molar-refractivity contribution in [3.05, 3.63) is 29.3 Å². The summed E-state index contributed by atoms with van der Waals surface area (Å²) in [5, 5.41) is 5.58. The smallest absolute Gasteiger partial charge is 0.264 e. The van der Waals surface area contributed by atoms with Crippen LogP contribution in [0.15, 0.2) is 18.2 Å². The number of amides is 4. The van der Waals surface area contributed by atoms with Crippen LogP contribution >= 0.6 is 0 Å². The van der Waals surface area contributed by atoms with E-state index in [2.05, 4.69) is 20.4 Å². The number of hydrogen-bond donors (Lipinski definition) is 2. The van der Waals surface area contributed by atoms with E-state index < -0.39 is 23.8 Å². The van der Waals surface area contributed by atoms with Gasteiger partial charge in [-0.15, -0.1) is 0 Å². The summed E-state index contributed by atoms with van der Waals surface area (Å²) in [4.78, 5) is 56.0. The molecule has 0 bridgehead atoms. The number of carbonyl (C=O) groups is 4. The quantitative estimate of drug-likeness (QED) is 0.545. The van der Waals surface area contributed by atoms with E-state index in [-0.39, 0.29) is 18.7 Å². The molecule has 4 aliphatic rings. The lowest BCUT2D eigenvalue weighted by Crippen LogP contribution is -2.54. The third-order valence-electron chi connectivity index (χ3n) is 8.00. The molecule has 5 rings (SSSR count). The number of piperidine rings is 1. The number of piperazine rings is 1. The van der Waals surface area contributed by atoms with Crippen LogP contribution in [0.25, 0.3) is 0 Å². The molecule has 35 heavy (non-hydrogen) atoms. The molecule has 1 aromatic carbocycles. The molecule has 3 fully saturated rings. The van der Waals surface area contributed by atoms with Crippen molar-refractivity contribution in [2.45, 2.75) is 51.0 Å². The van der Waals surface area contributed by atoms with Crippen LogP contribution in [-0.2, 0) is 9.59 Å². The van der Waals surface area contributed by atoms with Crippen molar-refractivity contribution in [2.75, 3.05) is 51.1 Å². The fourth-order valence-electron chi connectivity index (χ4n) is 5.91. The van der Waals surface area contributed by atoms with Crippen molar-refractivity contribution in [2.24, 2.45) is 5.92 Å². The Hall–Kier alpha value is -2.78. The van der Waals surface area contributed by atoms with Gasteiger partial charge in [-0.1, -0.05) is 31.7 Å². The first-order valence-corrected chi connectivity index (χ1v) is 13.0. The average Bonchev–Trinajstić information content (AvgIpc) is 3.46. The van der Waals surface area contributed by atoms with Crippen LogP contribution in [0.3, 0.4) is 0 Å². The summed E-state index contributed by atoms with van der Waals surface area (Å²) < 4.78 is 0. The Bertz CT molecular complexity index is 997. The normalized spacial score (nSPS) is 24.2. The van der Waals surface area contributed by atoms with Gasteiger partial charge >= 0.3 is 0 Å². The summed E-state index contributed by atoms with van der Waals surface area (Å²) >= 11 is 0. The summed E-state index contributed by atoms with van der Waals surface area (Å²) in [6.45, 7) is 7.02. The predicted octanol–water partition coefficient (Wildman–Crippen LogP) is 1.70. The van der Waals surface area contributed by atoms with Crippen LogP contribution in [0, 0.1) is 5.92 Å². The summed E-state index contributed by atoms with van der Waals surface area (Å²) in [7, 11) is 0. The number of nitrogens with zero attached hydrogens (tertiary/aromatic N) is 3. The minimum absolute atomic E-state index is 0.114. The van der Waals surface area contributed by atoms with Crippen LogP contribution in [0.1, 0.15) is 65.7 Å². The van der Waals surface area contributed by atoms with Gasteiger partial charge in [-0.2, -0.15) is 0 Å². The number of carbonyl (C=O) groups excluding carboxylic acids is 4. The maximum absolute atomic E-state index is 13.2. The monoisotopic (exact) mass is 481 g/mol. The van der Waals surface area contributed by atoms with Gasteiger partial charge in [0.15, 0.2) is 0 Å². The van der Waals surface area contributed by atoms with Crippen LogP contribution in [0.4, 0.5) is 5.69 Å². The van der Waals surface area contributed by atoms with Gasteiger partial charge in [0.25, 0.3) is 11.8 Å². The molecule has 3 heterocycles. The Labute approximate surface area is 206 Å². The molecule has 0 aromatic heterocycles. The number of anilines is 1. The highest BCUT2D eigenvalue weighted by Gasteiger charge is 2.45. The highest BCUT2D eigenvalue weighted by molar-refractivity contribution is 6.25. The Balaban J connectivity index is 1.13. The maximum atomic E-state index is 13.2. The van der Waals surface area contributed by atoms with Crippen LogP contribution in [0.5, 0.6) is 0 Å². The first kappa shape index (κ1) is 23.9. The molecule has 4 amide bonds. The molecule has 9 nitrogen and oxygen atoms in total. The number of nitrogens with one attached hydrogen (secondary N) is 2. The zero-order chi connectivity index (χ0) is 24.4. The van der Waals surface area contributed by atoms with E-state index in [0.29, 0.717) is 23.4 Å². The molecule has 2 saturated heterocycles. The second-order valence-electron chi connectivity index (χ2n) is 10.2. The van der Waals surface area contributed by atoms with Crippen molar-refractivity contribution in [1.29, 1.82) is 0 Å². The second kappa shape index (κ2) is 10.5. The van der Waals surface area contributed by atoms with Crippen molar-refractivity contribution in [3.8, 4) is 0 Å². The molecule has 1 unspecified atom stereocenters. The summed E-state index contributed by atoms with van der Waals surface area (Å²) in [6.07, 6.45) is 7.25. The third-order valence-corrected chi connectivity index (χ3v) is 8.00. The first-order valence-electron chi connectivity index (χ1n) is 13.0. The molecule has 2 N–H and O–H groups in total. The molecular formula is C26H35N5O4. The largest absolute Gasteiger partial charge is 0.383 e. The summed E-state index contributed by atoms with van der Waals surface area (Å²) in [6, 6.07) is 4.23. The first-order chi connectivity index (χ1) is 17.0. The Morgan fingerprint density at radius 3 is 2.31 bits per heavy atom. The van der Waals surface area contributed by atoms with E-state index in [1.165, 1.54) is 38.6 Å². The average molecular weight is 482 g/mol. The fourth-order valence-corrected chi connectivity index (χ4v) is 5.91. The molecule has 3 aliphatic heterocycles. The topological polar surface area (TPSA) is 102 Å². The molecular weight excluding hydrogens is 446 g/mol. The van der Waals surface area contributed by atoms with E-state index in [1.807, 2.05) is 0 Å². The zero-order valence-electron chi connectivity index (χ0n) is 20.3. The zero-order valence-corrected chi connectivity index (χ0v) is 20.3. The highest BCUT2D eigenvalue weighted by Crippen LogP contribution is 2.32. The number of rotatable bonds is 8. The standard InChI is InChI=1S/C26H35N5O4/c32-22-9-8-21(24(33)28-22)31-25(34)19-6-3-7-20(23(19)26(31)35)27-11-13-30-16-14-29(15-17-30)12-10-18-4-1-2-5-18/h3,6-7,18,21,27H,1-2,4-5,8-17H2,(H,28,32,33). The number of fused-ring (bicyclic) bond motifs is 1. The lowest BCUT2D eigenvalue weighted by molar-refractivity contribution is -0.136. The molecule has 1 aliphatic carbocycles. The van der Waals surface area contributed by atoms with Crippen LogP contribution in [-0.4, -0.2) is 90.2 Å². The van der Waals surface area contributed by atoms with E-state index in [0.717, 1.165) is 43.5 Å². The van der Waals surface area contributed by atoms with Gasteiger partial charge in [0.2, 0.25) is 11.8 Å². The SMILES string of the molecule is O=C1CCC(N2C(=O)c3cccc(NCCN4CCN(CCC5CCCC5)CC4)c3C2=O)C(=O)N1. The Morgan fingerprint density at radius 1 is 0.886 bits per heavy atom. The minimum atomic E-state index is -0.946. The van der Waals surface area contributed by atoms with Gasteiger partial charge in [-0.3, -0.25) is 34.3 Å². The lowest BCUT2D eigenvalue weighted by atomic mass is 10.0. The molecule has 9 heteroatoms. The van der Waals surface area contributed by atoms with E-state index >= 15 is 0 Å². The number of imide groups is 2. The van der Waals surface area contributed by atoms with Gasteiger partial charge in [0, 0.05) is 51.4 Å². The van der Waals surface area contributed by atoms with Crippen molar-refractivity contribution < 1.29 is 19.2 Å². The van der Waals surface area contributed by atoms with E-state index in [9.17, 15) is 19.2 Å². The maximum Gasteiger partial charge on any atom is 0.264 e. The third kappa shape index (κ3) is 5.11. The van der Waals surface area contributed by atoms with Crippen LogP contribution in [0.2, 0.25) is 0 Å². The molecule has 1 saturated carbocycles. The number of benzene rings is 1. The van der Waals surface area contributed by atoms with Gasteiger partial charge < -0.3 is 10.2 Å². The van der Waals surface area contributed by atoms with E-state index in [4.69, 9.17) is 0 Å². The minimum Gasteiger partial charge on any atom is -0.383 e. The summed E-state index contributed by atoms with van der Waals surface area (Å²) in [5.74, 6) is -0.979.